The molecule has 0 atom stereocenters. The van der Waals surface area contributed by atoms with Crippen LogP contribution in [-0.4, -0.2) is 159 Å². The quantitative estimate of drug-likeness (QED) is 0.0238. The number of nitrogens with one attached hydrogen (secondary N) is 9. The minimum absolute atomic E-state index is 0. The molecule has 4 aliphatic heterocycles. The number of anilines is 12. The summed E-state index contributed by atoms with van der Waals surface area (Å²) in [6.07, 6.45) is 2.03. The number of ether oxygens (including phenoxy) is 2. The SMILES string of the molecule is CCC(=O)Nc1ccc(Sc2nc(Nc3cc(C)[nH]n3)cc(N3CC(C)(N4CCOCC4)C3)n2)cc1.CCC(=O)Nc1ccc(Sc2nc(Nc3cc(C)[nH]n3)cc(N3CC(O)(c4ccccc4)C3)n2)cc1.Cc1cc(Nc2cc(N3CCC3)nc(Sc3ccc(NC(=O)c4ccc(Oc5ccccc5)cc4Cl)cc3)n2)n[nH]1.[HH].[HH].[HH].[HH].[HH].[HH].[HH]. The number of aromatic amines is 3. The van der Waals surface area contributed by atoms with Gasteiger partial charge in [0.2, 0.25) is 11.8 Å². The van der Waals surface area contributed by atoms with Crippen molar-refractivity contribution in [1.29, 1.82) is 0 Å². The van der Waals surface area contributed by atoms with Crippen LogP contribution in [0.3, 0.4) is 0 Å². The van der Waals surface area contributed by atoms with Crippen LogP contribution in [0.4, 0.5) is 69.4 Å². The molecule has 28 nitrogen and oxygen atoms in total. The number of nitrogens with zero attached hydrogens (tertiary/aromatic N) is 13. The van der Waals surface area contributed by atoms with Crippen LogP contribution in [0.15, 0.2) is 218 Å². The molecule has 113 heavy (non-hydrogen) atoms. The molecule has 6 aromatic heterocycles. The smallest absolute Gasteiger partial charge is 0.257 e. The minimum atomic E-state index is -0.912. The third-order valence-electron chi connectivity index (χ3n) is 18.7. The predicted molar refractivity (Wildman–Crippen MR) is 459 cm³/mol. The Morgan fingerprint density at radius 3 is 1.31 bits per heavy atom. The molecule has 6 aromatic carbocycles. The van der Waals surface area contributed by atoms with E-state index >= 15 is 0 Å². The first kappa shape index (κ1) is 78.1. The van der Waals surface area contributed by atoms with Crippen molar-refractivity contribution in [3.8, 4) is 11.5 Å². The number of benzene rings is 6. The van der Waals surface area contributed by atoms with E-state index in [0.717, 1.165) is 125 Å². The van der Waals surface area contributed by atoms with E-state index in [4.69, 9.17) is 46.0 Å². The molecule has 0 spiro atoms. The van der Waals surface area contributed by atoms with Crippen molar-refractivity contribution in [3.05, 3.63) is 221 Å². The average Bonchev–Trinajstić information content (AvgIpc) is 0.830. The number of aliphatic hydroxyl groups is 1. The number of amides is 3. The third kappa shape index (κ3) is 20.8. The summed E-state index contributed by atoms with van der Waals surface area (Å²) in [5.74, 6) is 7.44. The van der Waals surface area contributed by atoms with Crippen LogP contribution in [0, 0.1) is 20.8 Å². The second kappa shape index (κ2) is 35.8. The Morgan fingerprint density at radius 1 is 0.496 bits per heavy atom. The summed E-state index contributed by atoms with van der Waals surface area (Å²) in [6, 6.07) is 58.5. The summed E-state index contributed by atoms with van der Waals surface area (Å²) in [6.45, 7) is 20.0. The molecule has 0 unspecified atom stereocenters. The molecule has 10 heterocycles. The lowest BCUT2D eigenvalue weighted by molar-refractivity contribution is -0.116. The van der Waals surface area contributed by atoms with Gasteiger partial charge in [0.25, 0.3) is 5.91 Å². The molecule has 0 bridgehead atoms. The Hall–Kier alpha value is -11.6. The van der Waals surface area contributed by atoms with Crippen LogP contribution >= 0.6 is 46.9 Å². The molecule has 16 rings (SSSR count). The van der Waals surface area contributed by atoms with Crippen LogP contribution in [0.25, 0.3) is 0 Å². The molecule has 12 aromatic rings. The summed E-state index contributed by atoms with van der Waals surface area (Å²) >= 11 is 10.8. The number of β-amino-alcohol motifs (C(OH)–C–C–N with tert-alkyl or cyclic N) is 1. The van der Waals surface area contributed by atoms with E-state index in [2.05, 4.69) is 89.1 Å². The van der Waals surface area contributed by atoms with E-state index in [0.29, 0.717) is 104 Å². The zero-order valence-corrected chi connectivity index (χ0v) is 66.2. The van der Waals surface area contributed by atoms with Crippen molar-refractivity contribution in [2.45, 2.75) is 102 Å². The van der Waals surface area contributed by atoms with E-state index < -0.39 is 5.60 Å². The number of H-pyrrole nitrogens is 3. The first-order chi connectivity index (χ1) is 54.8. The second-order valence-electron chi connectivity index (χ2n) is 27.6. The molecule has 0 aliphatic carbocycles. The largest absolute Gasteiger partial charge is 0.457 e. The topological polar surface area (TPSA) is 338 Å². The average molecular weight is 1610 g/mol. The monoisotopic (exact) mass is 1610 g/mol. The van der Waals surface area contributed by atoms with Gasteiger partial charge < -0.3 is 61.2 Å². The van der Waals surface area contributed by atoms with Crippen molar-refractivity contribution < 1.29 is 39.0 Å². The summed E-state index contributed by atoms with van der Waals surface area (Å²) in [5.41, 5.74) is 5.50. The fraction of sp³-hybridized carbons (Fsp3) is 0.259. The molecule has 10 N–H and O–H groups in total. The number of hydrogen-bond donors (Lipinski definition) is 10. The first-order valence-corrected chi connectivity index (χ1v) is 39.8. The molecule has 0 saturated carbocycles. The van der Waals surface area contributed by atoms with E-state index in [1.54, 1.807) is 18.2 Å². The standard InChI is InChI=1S/C30H26ClN7O2S.C26H27N7O2S.C25H32N8O2S.7H2/c1-19-16-27(37-36-19)33-26-18-28(38-14-5-15-38)35-30(34-26)41-23-11-8-20(9-12-23)32-29(39)24-13-10-22(17-25(24)31)40-21-6-3-2-4-7-21;1-3-24(34)27-19-9-11-20(12-10-19)36-25-29-21(28-22-13-17(2)31-32-22)14-23(30-25)33-15-26(35,16-33)18-7-5-4-6-8-18;1-4-23(34)26-18-5-7-19(8-6-18)36-24-28-20(27-21-13-17(2)30-31-21)14-22(29-24)32-15-25(3,16-32)33-9-11-35-12-10-33;;;;;;;/h2-4,6-13,16-18H,5,14-15H2,1H3,(H,32,39)(H2,33,34,35,36,37);4-14,35H,3,15-16H2,1-2H3,(H,27,34)(H2,28,29,30,31,32);5-8,13-14H,4,9-12,15-16H2,1-3H3,(H,26,34)(H2,27,28,29,30,31);7*1H. The lowest BCUT2D eigenvalue weighted by Gasteiger charge is -2.55. The number of aryl methyl sites for hydroxylation is 3. The van der Waals surface area contributed by atoms with Crippen LogP contribution in [0.2, 0.25) is 5.02 Å². The highest BCUT2D eigenvalue weighted by Gasteiger charge is 2.45. The lowest BCUT2D eigenvalue weighted by Crippen LogP contribution is -2.70. The number of hydrogen-bond acceptors (Lipinski definition) is 25. The molecule has 0 radical (unpaired) electrons. The van der Waals surface area contributed by atoms with Crippen LogP contribution in [0.1, 0.15) is 83.0 Å². The van der Waals surface area contributed by atoms with Gasteiger partial charge in [-0.1, -0.05) is 74.0 Å². The molecule has 594 valence electrons. The number of rotatable bonds is 25. The highest BCUT2D eigenvalue weighted by atomic mass is 35.5. The van der Waals surface area contributed by atoms with Gasteiger partial charge in [-0.3, -0.25) is 34.6 Å². The number of morpholine rings is 1. The number of aromatic nitrogens is 12. The summed E-state index contributed by atoms with van der Waals surface area (Å²) in [5, 5.41) is 53.2. The van der Waals surface area contributed by atoms with Gasteiger partial charge in [0.05, 0.1) is 42.4 Å². The molecule has 3 amide bonds. The molecular weight excluding hydrogens is 1510 g/mol. The Bertz CT molecular complexity index is 5290. The van der Waals surface area contributed by atoms with E-state index in [-0.39, 0.29) is 33.2 Å². The van der Waals surface area contributed by atoms with Gasteiger partial charge in [0.1, 0.15) is 52.0 Å². The Kier molecular flexibility index (Phi) is 24.8. The van der Waals surface area contributed by atoms with Gasteiger partial charge in [-0.05, 0) is 172 Å². The molecule has 4 aliphatic rings. The fourth-order valence-electron chi connectivity index (χ4n) is 12.6. The maximum absolute atomic E-state index is 12.9. The van der Waals surface area contributed by atoms with Gasteiger partial charge in [-0.15, -0.1) is 0 Å². The van der Waals surface area contributed by atoms with Crippen molar-refractivity contribution in [3.63, 3.8) is 0 Å². The van der Waals surface area contributed by atoms with E-state index in [9.17, 15) is 19.5 Å². The summed E-state index contributed by atoms with van der Waals surface area (Å²) < 4.78 is 11.3. The molecule has 32 heteroatoms. The Morgan fingerprint density at radius 2 is 0.912 bits per heavy atom. The number of halogens is 1. The van der Waals surface area contributed by atoms with Crippen molar-refractivity contribution >= 4 is 134 Å². The zero-order chi connectivity index (χ0) is 78.4. The van der Waals surface area contributed by atoms with E-state index in [1.165, 1.54) is 35.3 Å². The van der Waals surface area contributed by atoms with Crippen molar-refractivity contribution in [2.75, 3.05) is 112 Å². The number of carbonyl (C=O) groups excluding carboxylic acids is 3. The Labute approximate surface area is 681 Å². The minimum Gasteiger partial charge on any atom is -0.457 e. The van der Waals surface area contributed by atoms with Crippen LogP contribution < -0.4 is 51.3 Å². The van der Waals surface area contributed by atoms with E-state index in [1.807, 2.05) is 209 Å². The summed E-state index contributed by atoms with van der Waals surface area (Å²) in [4.78, 5) is 76.7. The van der Waals surface area contributed by atoms with Gasteiger partial charge in [-0.25, -0.2) is 29.9 Å². The van der Waals surface area contributed by atoms with Crippen molar-refractivity contribution in [1.82, 2.24) is 65.4 Å². The van der Waals surface area contributed by atoms with Crippen molar-refractivity contribution in [2.24, 2.45) is 0 Å². The first-order valence-electron chi connectivity index (χ1n) is 37.0. The second-order valence-corrected chi connectivity index (χ2v) is 31.1. The van der Waals surface area contributed by atoms with Crippen LogP contribution in [-0.2, 0) is 19.9 Å². The van der Waals surface area contributed by atoms with Gasteiger partial charge in [0.15, 0.2) is 32.9 Å². The number of para-hydroxylation sites is 1. The van der Waals surface area contributed by atoms with Gasteiger partial charge >= 0.3 is 0 Å². The molecule has 4 fully saturated rings. The number of carbonyl (C=O) groups is 3. The predicted octanol–water partition coefficient (Wildman–Crippen LogP) is 17.2. The molecular formula is C81H99ClN22O6S3. The maximum atomic E-state index is 12.9. The van der Waals surface area contributed by atoms with Gasteiger partial charge in [-0.2, -0.15) is 15.3 Å². The third-order valence-corrected chi connectivity index (χ3v) is 21.6. The van der Waals surface area contributed by atoms with Gasteiger partial charge in [0, 0.05) is 153 Å². The maximum Gasteiger partial charge on any atom is 0.257 e. The summed E-state index contributed by atoms with van der Waals surface area (Å²) in [7, 11) is 0. The Balaban J connectivity index is 0.000000242. The molecule has 4 saturated heterocycles. The highest BCUT2D eigenvalue weighted by Crippen LogP contribution is 2.40. The lowest BCUT2D eigenvalue weighted by atomic mass is 9.86. The highest BCUT2D eigenvalue weighted by molar-refractivity contribution is 7.99. The van der Waals surface area contributed by atoms with Crippen LogP contribution in [0.5, 0.6) is 11.5 Å². The normalized spacial score (nSPS) is 14.6. The fourth-order valence-corrected chi connectivity index (χ4v) is 15.1. The zero-order valence-electron chi connectivity index (χ0n) is 63.0.